The molecule has 0 bridgehead atoms. The lowest BCUT2D eigenvalue weighted by atomic mass is 10.1. The fraction of sp³-hybridized carbons (Fsp3) is 0.286. The van der Waals surface area contributed by atoms with Crippen molar-refractivity contribution in [3.8, 4) is 0 Å². The highest BCUT2D eigenvalue weighted by atomic mass is 32.1. The molecule has 2 aromatic rings. The second-order valence-corrected chi connectivity index (χ2v) is 5.87. The second-order valence-electron chi connectivity index (χ2n) is 4.64. The highest BCUT2D eigenvalue weighted by Gasteiger charge is 2.17. The van der Waals surface area contributed by atoms with E-state index in [1.807, 2.05) is 6.92 Å². The van der Waals surface area contributed by atoms with E-state index in [2.05, 4.69) is 15.6 Å². The summed E-state index contributed by atoms with van der Waals surface area (Å²) in [5, 5.41) is 17.1. The number of carbonyl (C=O) groups is 1. The van der Waals surface area contributed by atoms with Gasteiger partial charge < -0.3 is 10.1 Å². The molecule has 0 saturated carbocycles. The van der Waals surface area contributed by atoms with Gasteiger partial charge in [-0.25, -0.2) is 4.98 Å². The van der Waals surface area contributed by atoms with E-state index in [-0.39, 0.29) is 11.3 Å². The fourth-order valence-corrected chi connectivity index (χ4v) is 2.51. The number of non-ortho nitro benzene ring substituents is 1. The van der Waals surface area contributed by atoms with Crippen LogP contribution in [-0.2, 0) is 4.74 Å². The zero-order chi connectivity index (χ0) is 16.8. The maximum Gasteiger partial charge on any atom is 0.270 e. The number of rotatable bonds is 7. The van der Waals surface area contributed by atoms with Crippen molar-refractivity contribution in [1.29, 1.82) is 0 Å². The number of methoxy groups -OCH3 is 1. The Kier molecular flexibility index (Phi) is 5.61. The summed E-state index contributed by atoms with van der Waals surface area (Å²) < 4.78 is 4.94. The first-order valence-corrected chi connectivity index (χ1v) is 7.58. The van der Waals surface area contributed by atoms with Gasteiger partial charge in [0.25, 0.3) is 11.6 Å². The minimum absolute atomic E-state index is 0.150. The quantitative estimate of drug-likeness (QED) is 0.457. The van der Waals surface area contributed by atoms with Crippen LogP contribution in [0.2, 0.25) is 0 Å². The average Bonchev–Trinajstić information content (AvgIpc) is 2.92. The van der Waals surface area contributed by atoms with E-state index in [1.165, 1.54) is 29.5 Å². The summed E-state index contributed by atoms with van der Waals surface area (Å²) >= 11 is 1.33. The fourth-order valence-electron chi connectivity index (χ4n) is 1.85. The first kappa shape index (κ1) is 16.8. The Morgan fingerprint density at radius 2 is 2.26 bits per heavy atom. The molecule has 23 heavy (non-hydrogen) atoms. The van der Waals surface area contributed by atoms with Crippen LogP contribution in [0.5, 0.6) is 0 Å². The number of hydrogen-bond acceptors (Lipinski definition) is 7. The summed E-state index contributed by atoms with van der Waals surface area (Å²) in [6.07, 6.45) is 1.64. The maximum absolute atomic E-state index is 12.4. The number of thiazole rings is 1. The molecule has 2 rings (SSSR count). The number of ether oxygens (including phenoxy) is 1. The number of carbonyl (C=O) groups excluding carboxylic acids is 1. The Morgan fingerprint density at radius 3 is 2.87 bits per heavy atom. The molecular formula is C14H16N4O4S. The molecule has 1 aromatic heterocycles. The van der Waals surface area contributed by atoms with Gasteiger partial charge in [0.2, 0.25) is 0 Å². The van der Waals surface area contributed by atoms with Gasteiger partial charge in [-0.2, -0.15) is 0 Å². The normalized spacial score (nSPS) is 10.3. The first-order valence-electron chi connectivity index (χ1n) is 6.76. The predicted octanol–water partition coefficient (Wildman–Crippen LogP) is 2.67. The highest BCUT2D eigenvalue weighted by molar-refractivity contribution is 7.15. The number of nitro groups is 1. The predicted molar refractivity (Wildman–Crippen MR) is 88.3 cm³/mol. The van der Waals surface area contributed by atoms with Crippen LogP contribution in [0.4, 0.5) is 16.5 Å². The lowest BCUT2D eigenvalue weighted by molar-refractivity contribution is -0.384. The number of amides is 1. The zero-order valence-corrected chi connectivity index (χ0v) is 13.5. The Morgan fingerprint density at radius 1 is 1.48 bits per heavy atom. The summed E-state index contributed by atoms with van der Waals surface area (Å²) in [6.45, 7) is 2.80. The molecule has 0 unspecified atom stereocenters. The van der Waals surface area contributed by atoms with Gasteiger partial charge >= 0.3 is 0 Å². The molecule has 0 atom stereocenters. The molecule has 2 N–H and O–H groups in total. The number of nitrogens with one attached hydrogen (secondary N) is 2. The van der Waals surface area contributed by atoms with Crippen LogP contribution in [0.25, 0.3) is 0 Å². The molecular weight excluding hydrogens is 320 g/mol. The largest absolute Gasteiger partial charge is 0.383 e. The molecule has 8 nitrogen and oxygen atoms in total. The van der Waals surface area contributed by atoms with E-state index >= 15 is 0 Å². The van der Waals surface area contributed by atoms with Crippen molar-refractivity contribution in [1.82, 2.24) is 4.98 Å². The Labute approximate surface area is 136 Å². The minimum atomic E-state index is -0.538. The standard InChI is InChI=1S/C14H16N4O4S/c1-9-8-16-14(23-9)17-13(19)11-7-10(18(20)21)3-4-12(11)15-5-6-22-2/h3-4,7-8,15H,5-6H2,1-2H3,(H,16,17,19). The van der Waals surface area contributed by atoms with E-state index in [0.717, 1.165) is 4.88 Å². The van der Waals surface area contributed by atoms with E-state index in [4.69, 9.17) is 4.74 Å². The summed E-state index contributed by atoms with van der Waals surface area (Å²) in [6, 6.07) is 4.10. The van der Waals surface area contributed by atoms with Gasteiger partial charge in [0, 0.05) is 42.5 Å². The monoisotopic (exact) mass is 336 g/mol. The molecule has 0 aliphatic heterocycles. The molecule has 0 spiro atoms. The van der Waals surface area contributed by atoms with Crippen molar-refractivity contribution in [3.63, 3.8) is 0 Å². The summed E-state index contributed by atoms with van der Waals surface area (Å²) in [7, 11) is 1.57. The molecule has 0 saturated heterocycles. The number of benzene rings is 1. The topological polar surface area (TPSA) is 106 Å². The van der Waals surface area contributed by atoms with Gasteiger partial charge in [0.1, 0.15) is 0 Å². The summed E-state index contributed by atoms with van der Waals surface area (Å²) in [5.74, 6) is -0.456. The molecule has 0 aliphatic rings. The van der Waals surface area contributed by atoms with Crippen LogP contribution >= 0.6 is 11.3 Å². The van der Waals surface area contributed by atoms with Crippen molar-refractivity contribution in [2.75, 3.05) is 30.9 Å². The maximum atomic E-state index is 12.4. The summed E-state index contributed by atoms with van der Waals surface area (Å²) in [4.78, 5) is 27.8. The third-order valence-corrected chi connectivity index (χ3v) is 3.75. The minimum Gasteiger partial charge on any atom is -0.383 e. The van der Waals surface area contributed by atoms with Crippen molar-refractivity contribution in [3.05, 3.63) is 45.0 Å². The lowest BCUT2D eigenvalue weighted by Crippen LogP contribution is -2.16. The van der Waals surface area contributed by atoms with Gasteiger partial charge in [0.05, 0.1) is 17.1 Å². The van der Waals surface area contributed by atoms with Gasteiger partial charge in [-0.05, 0) is 13.0 Å². The number of nitro benzene ring substituents is 1. The van der Waals surface area contributed by atoms with E-state index < -0.39 is 10.8 Å². The van der Waals surface area contributed by atoms with Crippen LogP contribution in [-0.4, -0.2) is 36.1 Å². The van der Waals surface area contributed by atoms with Crippen LogP contribution in [0.3, 0.4) is 0 Å². The molecule has 1 aromatic carbocycles. The third kappa shape index (κ3) is 4.47. The number of anilines is 2. The Bertz CT molecular complexity index is 717. The Hall–Kier alpha value is -2.52. The highest BCUT2D eigenvalue weighted by Crippen LogP contribution is 2.24. The van der Waals surface area contributed by atoms with Gasteiger partial charge in [-0.1, -0.05) is 0 Å². The molecule has 1 amide bonds. The van der Waals surface area contributed by atoms with Gasteiger partial charge in [-0.3, -0.25) is 20.2 Å². The average molecular weight is 336 g/mol. The van der Waals surface area contributed by atoms with Crippen LogP contribution < -0.4 is 10.6 Å². The van der Waals surface area contributed by atoms with E-state index in [1.54, 1.807) is 13.3 Å². The molecule has 0 fully saturated rings. The van der Waals surface area contributed by atoms with E-state index in [0.29, 0.717) is 24.0 Å². The number of aromatic nitrogens is 1. The molecule has 0 aliphatic carbocycles. The third-order valence-electron chi connectivity index (χ3n) is 2.92. The van der Waals surface area contributed by atoms with Crippen molar-refractivity contribution in [2.45, 2.75) is 6.92 Å². The molecule has 122 valence electrons. The summed E-state index contributed by atoms with van der Waals surface area (Å²) in [5.41, 5.74) is 0.532. The molecule has 1 heterocycles. The number of aryl methyl sites for hydroxylation is 1. The van der Waals surface area contributed by atoms with Gasteiger partial charge in [-0.15, -0.1) is 11.3 Å². The second kappa shape index (κ2) is 7.65. The number of hydrogen-bond donors (Lipinski definition) is 2. The van der Waals surface area contributed by atoms with Gasteiger partial charge in [0.15, 0.2) is 5.13 Å². The van der Waals surface area contributed by atoms with E-state index in [9.17, 15) is 14.9 Å². The first-order chi connectivity index (χ1) is 11.0. The molecule has 0 radical (unpaired) electrons. The van der Waals surface area contributed by atoms with Crippen LogP contribution in [0.15, 0.2) is 24.4 Å². The van der Waals surface area contributed by atoms with Crippen molar-refractivity contribution in [2.24, 2.45) is 0 Å². The lowest BCUT2D eigenvalue weighted by Gasteiger charge is -2.11. The Balaban J connectivity index is 2.25. The number of nitrogens with zero attached hydrogens (tertiary/aromatic N) is 2. The molecule has 9 heteroatoms. The van der Waals surface area contributed by atoms with Crippen molar-refractivity contribution < 1.29 is 14.5 Å². The SMILES string of the molecule is COCCNc1ccc([N+](=O)[O-])cc1C(=O)Nc1ncc(C)s1. The zero-order valence-electron chi connectivity index (χ0n) is 12.7. The van der Waals surface area contributed by atoms with Crippen molar-refractivity contribution >= 4 is 33.8 Å². The van der Waals surface area contributed by atoms with Crippen LogP contribution in [0, 0.1) is 17.0 Å². The smallest absolute Gasteiger partial charge is 0.270 e. The van der Waals surface area contributed by atoms with Crippen LogP contribution in [0.1, 0.15) is 15.2 Å².